The molecule has 3 rings (SSSR count). The number of amides is 2. The Kier molecular flexibility index (Phi) is 4.12. The molecular weight excluding hydrogens is 266 g/mol. The van der Waals surface area contributed by atoms with Crippen molar-refractivity contribution >= 4 is 11.7 Å². The van der Waals surface area contributed by atoms with Crippen LogP contribution in [-0.2, 0) is 4.74 Å². The van der Waals surface area contributed by atoms with Gasteiger partial charge in [-0.15, -0.1) is 0 Å². The summed E-state index contributed by atoms with van der Waals surface area (Å²) in [6.45, 7) is 9.27. The average molecular weight is 289 g/mol. The fraction of sp³-hybridized carbons (Fsp3) is 0.562. The van der Waals surface area contributed by atoms with E-state index in [4.69, 9.17) is 4.74 Å². The quantitative estimate of drug-likeness (QED) is 0.904. The van der Waals surface area contributed by atoms with Crippen LogP contribution in [0.15, 0.2) is 18.2 Å². The van der Waals surface area contributed by atoms with E-state index in [-0.39, 0.29) is 6.03 Å². The van der Waals surface area contributed by atoms with Crippen molar-refractivity contribution in [2.45, 2.75) is 19.9 Å². The van der Waals surface area contributed by atoms with E-state index in [2.05, 4.69) is 10.2 Å². The van der Waals surface area contributed by atoms with Crippen molar-refractivity contribution in [3.8, 4) is 0 Å². The predicted octanol–water partition coefficient (Wildman–Crippen LogP) is 1.85. The number of rotatable bonds is 2. The van der Waals surface area contributed by atoms with Crippen LogP contribution in [0.2, 0.25) is 0 Å². The molecule has 0 unspecified atom stereocenters. The van der Waals surface area contributed by atoms with E-state index in [1.807, 2.05) is 36.9 Å². The zero-order valence-corrected chi connectivity index (χ0v) is 12.8. The van der Waals surface area contributed by atoms with Gasteiger partial charge >= 0.3 is 6.03 Å². The summed E-state index contributed by atoms with van der Waals surface area (Å²) in [6.07, 6.45) is 0. The average Bonchev–Trinajstić information content (AvgIpc) is 2.43. The highest BCUT2D eigenvalue weighted by Crippen LogP contribution is 2.22. The molecule has 0 bridgehead atoms. The lowest BCUT2D eigenvalue weighted by Gasteiger charge is -2.46. The summed E-state index contributed by atoms with van der Waals surface area (Å²) in [7, 11) is 0. The molecule has 21 heavy (non-hydrogen) atoms. The summed E-state index contributed by atoms with van der Waals surface area (Å²) in [5.41, 5.74) is 3.15. The smallest absolute Gasteiger partial charge is 0.321 e. The monoisotopic (exact) mass is 289 g/mol. The number of hydrogen-bond acceptors (Lipinski definition) is 3. The van der Waals surface area contributed by atoms with Gasteiger partial charge < -0.3 is 15.0 Å². The predicted molar refractivity (Wildman–Crippen MR) is 82.7 cm³/mol. The number of likely N-dealkylation sites (tertiary alicyclic amines) is 1. The molecule has 0 saturated carbocycles. The van der Waals surface area contributed by atoms with E-state index in [1.165, 1.54) is 0 Å². The van der Waals surface area contributed by atoms with Crippen molar-refractivity contribution in [2.24, 2.45) is 0 Å². The molecular formula is C16H23N3O2. The van der Waals surface area contributed by atoms with Gasteiger partial charge in [0.05, 0.1) is 13.2 Å². The zero-order valence-electron chi connectivity index (χ0n) is 12.8. The van der Waals surface area contributed by atoms with Crippen LogP contribution in [0.1, 0.15) is 11.1 Å². The Morgan fingerprint density at radius 3 is 2.43 bits per heavy atom. The van der Waals surface area contributed by atoms with Crippen LogP contribution in [0.3, 0.4) is 0 Å². The normalized spacial score (nSPS) is 20.2. The van der Waals surface area contributed by atoms with Crippen molar-refractivity contribution in [3.05, 3.63) is 29.3 Å². The topological polar surface area (TPSA) is 44.8 Å². The Morgan fingerprint density at radius 1 is 1.19 bits per heavy atom. The summed E-state index contributed by atoms with van der Waals surface area (Å²) in [5.74, 6) is 0. The largest absolute Gasteiger partial charge is 0.379 e. The second kappa shape index (κ2) is 6.03. The van der Waals surface area contributed by atoms with E-state index in [1.54, 1.807) is 0 Å². The van der Waals surface area contributed by atoms with Crippen LogP contribution in [0.25, 0.3) is 0 Å². The number of nitrogens with one attached hydrogen (secondary N) is 1. The van der Waals surface area contributed by atoms with Gasteiger partial charge in [-0.05, 0) is 25.0 Å². The Balaban J connectivity index is 1.54. The van der Waals surface area contributed by atoms with Crippen molar-refractivity contribution in [2.75, 3.05) is 44.7 Å². The van der Waals surface area contributed by atoms with Crippen molar-refractivity contribution < 1.29 is 9.53 Å². The third kappa shape index (κ3) is 3.04. The summed E-state index contributed by atoms with van der Waals surface area (Å²) in [5, 5.41) is 3.05. The van der Waals surface area contributed by atoms with E-state index < -0.39 is 0 Å². The number of benzene rings is 1. The molecule has 2 aliphatic heterocycles. The zero-order chi connectivity index (χ0) is 14.8. The van der Waals surface area contributed by atoms with E-state index in [0.29, 0.717) is 6.04 Å². The highest BCUT2D eigenvalue weighted by Gasteiger charge is 2.35. The van der Waals surface area contributed by atoms with Crippen LogP contribution in [0, 0.1) is 13.8 Å². The first kappa shape index (κ1) is 14.4. The minimum Gasteiger partial charge on any atom is -0.379 e. The lowest BCUT2D eigenvalue weighted by molar-refractivity contribution is -0.0189. The number of hydrogen-bond donors (Lipinski definition) is 1. The Hall–Kier alpha value is -1.59. The fourth-order valence-corrected chi connectivity index (χ4v) is 2.99. The van der Waals surface area contributed by atoms with Gasteiger partial charge in [-0.2, -0.15) is 0 Å². The molecule has 0 radical (unpaired) electrons. The minimum atomic E-state index is 0.0110. The number of carbonyl (C=O) groups is 1. The van der Waals surface area contributed by atoms with Crippen molar-refractivity contribution in [3.63, 3.8) is 0 Å². The first-order valence-electron chi connectivity index (χ1n) is 7.59. The number of aryl methyl sites for hydroxylation is 2. The first-order chi connectivity index (χ1) is 10.1. The van der Waals surface area contributed by atoms with Gasteiger partial charge in [0.2, 0.25) is 0 Å². The second-order valence-electron chi connectivity index (χ2n) is 5.90. The highest BCUT2D eigenvalue weighted by molar-refractivity contribution is 5.91. The standard InChI is InChI=1S/C16H23N3O2/c1-12-4-3-5-13(2)15(12)17-16(20)19-10-14(11-19)18-6-8-21-9-7-18/h3-5,14H,6-11H2,1-2H3,(H,17,20). The number of carbonyl (C=O) groups excluding carboxylic acids is 1. The van der Waals surface area contributed by atoms with Crippen molar-refractivity contribution in [1.29, 1.82) is 0 Å². The van der Waals surface area contributed by atoms with Gasteiger partial charge in [0.25, 0.3) is 0 Å². The van der Waals surface area contributed by atoms with Crippen LogP contribution >= 0.6 is 0 Å². The molecule has 5 nitrogen and oxygen atoms in total. The van der Waals surface area contributed by atoms with E-state index in [9.17, 15) is 4.79 Å². The molecule has 1 N–H and O–H groups in total. The maximum absolute atomic E-state index is 12.3. The summed E-state index contributed by atoms with van der Waals surface area (Å²) in [6, 6.07) is 6.57. The van der Waals surface area contributed by atoms with Gasteiger partial charge in [-0.1, -0.05) is 18.2 Å². The van der Waals surface area contributed by atoms with Crippen LogP contribution in [0.4, 0.5) is 10.5 Å². The number of anilines is 1. The third-order valence-corrected chi connectivity index (χ3v) is 4.42. The van der Waals surface area contributed by atoms with Gasteiger partial charge in [0, 0.05) is 37.9 Å². The highest BCUT2D eigenvalue weighted by atomic mass is 16.5. The van der Waals surface area contributed by atoms with Gasteiger partial charge in [-0.3, -0.25) is 4.90 Å². The molecule has 1 aromatic rings. The van der Waals surface area contributed by atoms with Crippen molar-refractivity contribution in [1.82, 2.24) is 9.80 Å². The van der Waals surface area contributed by atoms with E-state index in [0.717, 1.165) is 56.2 Å². The van der Waals surface area contributed by atoms with Crippen LogP contribution in [-0.4, -0.2) is 61.3 Å². The van der Waals surface area contributed by atoms with E-state index >= 15 is 0 Å². The Morgan fingerprint density at radius 2 is 1.81 bits per heavy atom. The summed E-state index contributed by atoms with van der Waals surface area (Å²) in [4.78, 5) is 16.6. The molecule has 2 amide bonds. The maximum atomic E-state index is 12.3. The van der Waals surface area contributed by atoms with Gasteiger partial charge in [0.15, 0.2) is 0 Å². The molecule has 2 fully saturated rings. The molecule has 2 saturated heterocycles. The minimum absolute atomic E-state index is 0.0110. The van der Waals surface area contributed by atoms with Crippen LogP contribution in [0.5, 0.6) is 0 Å². The molecule has 2 aliphatic rings. The number of morpholine rings is 1. The Labute approximate surface area is 125 Å². The molecule has 1 aromatic carbocycles. The Bertz CT molecular complexity index is 500. The summed E-state index contributed by atoms with van der Waals surface area (Å²) >= 11 is 0. The molecule has 0 atom stereocenters. The molecule has 0 aliphatic carbocycles. The number of urea groups is 1. The summed E-state index contributed by atoms with van der Waals surface area (Å²) < 4.78 is 5.36. The lowest BCUT2D eigenvalue weighted by atomic mass is 10.1. The number of nitrogens with zero attached hydrogens (tertiary/aromatic N) is 2. The van der Waals surface area contributed by atoms with Crippen LogP contribution < -0.4 is 5.32 Å². The SMILES string of the molecule is Cc1cccc(C)c1NC(=O)N1CC(N2CCOCC2)C1. The molecule has 0 spiro atoms. The molecule has 5 heteroatoms. The first-order valence-corrected chi connectivity index (χ1v) is 7.59. The molecule has 2 heterocycles. The van der Waals surface area contributed by atoms with Gasteiger partial charge in [0.1, 0.15) is 0 Å². The number of ether oxygens (including phenoxy) is 1. The maximum Gasteiger partial charge on any atom is 0.321 e. The molecule has 0 aromatic heterocycles. The third-order valence-electron chi connectivity index (χ3n) is 4.42. The van der Waals surface area contributed by atoms with Gasteiger partial charge in [-0.25, -0.2) is 4.79 Å². The lowest BCUT2D eigenvalue weighted by Crippen LogP contribution is -2.63. The fourth-order valence-electron chi connectivity index (χ4n) is 2.99. The second-order valence-corrected chi connectivity index (χ2v) is 5.90. The number of para-hydroxylation sites is 1. The molecule has 114 valence electrons.